The Morgan fingerprint density at radius 3 is 2.83 bits per heavy atom. The van der Waals surface area contributed by atoms with E-state index in [4.69, 9.17) is 22.1 Å². The fraction of sp³-hybridized carbons (Fsp3) is 0.333. The molecule has 2 aromatic rings. The molecule has 1 aliphatic heterocycles. The van der Waals surface area contributed by atoms with Gasteiger partial charge < -0.3 is 26.0 Å². The third-order valence-electron chi connectivity index (χ3n) is 4.91. The van der Waals surface area contributed by atoms with Crippen LogP contribution in [0.5, 0.6) is 5.75 Å². The smallest absolute Gasteiger partial charge is 0.248 e. The summed E-state index contributed by atoms with van der Waals surface area (Å²) in [5.41, 5.74) is 7.80. The van der Waals surface area contributed by atoms with Crippen molar-refractivity contribution in [2.75, 3.05) is 32.1 Å². The number of benzene rings is 2. The summed E-state index contributed by atoms with van der Waals surface area (Å²) in [5, 5.41) is 7.43. The number of hydrogen-bond acceptors (Lipinski definition) is 4. The van der Waals surface area contributed by atoms with Gasteiger partial charge in [-0.3, -0.25) is 9.79 Å². The molecular formula is C21H27ClIN5O2. The topological polar surface area (TPSA) is 92.0 Å². The van der Waals surface area contributed by atoms with E-state index in [0.29, 0.717) is 23.1 Å². The summed E-state index contributed by atoms with van der Waals surface area (Å²) in [6.45, 7) is 2.25. The summed E-state index contributed by atoms with van der Waals surface area (Å²) in [5.74, 6) is 1.09. The SMILES string of the molecule is CN=C(NCc1cccc(C(N)=O)c1)NC1CCN(c2cc(Cl)ccc2OC)C1.I. The molecule has 0 radical (unpaired) electrons. The van der Waals surface area contributed by atoms with E-state index in [1.807, 2.05) is 30.3 Å². The molecule has 0 saturated carbocycles. The minimum absolute atomic E-state index is 0. The van der Waals surface area contributed by atoms with Crippen LogP contribution in [0.1, 0.15) is 22.3 Å². The molecular weight excluding hydrogens is 517 g/mol. The molecule has 1 atom stereocenters. The monoisotopic (exact) mass is 543 g/mol. The molecule has 9 heteroatoms. The summed E-state index contributed by atoms with van der Waals surface area (Å²) in [6, 6.07) is 13.1. The lowest BCUT2D eigenvalue weighted by molar-refractivity contribution is 0.1000. The van der Waals surface area contributed by atoms with E-state index in [9.17, 15) is 4.79 Å². The molecule has 0 aliphatic carbocycles. The van der Waals surface area contributed by atoms with Crippen molar-refractivity contribution in [1.82, 2.24) is 10.6 Å². The maximum atomic E-state index is 11.3. The molecule has 3 rings (SSSR count). The Bertz CT molecular complexity index is 909. The molecule has 162 valence electrons. The Labute approximate surface area is 199 Å². The Balaban J connectivity index is 0.00000320. The molecule has 1 aliphatic rings. The number of nitrogens with zero attached hydrogens (tertiary/aromatic N) is 2. The van der Waals surface area contributed by atoms with Gasteiger partial charge in [0, 0.05) is 43.3 Å². The first-order valence-corrected chi connectivity index (χ1v) is 9.82. The van der Waals surface area contributed by atoms with Crippen molar-refractivity contribution in [3.63, 3.8) is 0 Å². The van der Waals surface area contributed by atoms with E-state index in [0.717, 1.165) is 36.5 Å². The van der Waals surface area contributed by atoms with Crippen LogP contribution in [0.3, 0.4) is 0 Å². The molecule has 0 bridgehead atoms. The predicted molar refractivity (Wildman–Crippen MR) is 132 cm³/mol. The van der Waals surface area contributed by atoms with Gasteiger partial charge in [0.2, 0.25) is 5.91 Å². The highest BCUT2D eigenvalue weighted by molar-refractivity contribution is 14.0. The number of guanidine groups is 1. The van der Waals surface area contributed by atoms with Crippen molar-refractivity contribution in [2.45, 2.75) is 19.0 Å². The standard InChI is InChI=1S/C21H26ClN5O2.HI/c1-24-21(25-12-14-4-3-5-15(10-14)20(23)28)26-17-8-9-27(13-17)18-11-16(22)6-7-19(18)29-2;/h3-7,10-11,17H,8-9,12-13H2,1-2H3,(H2,23,28)(H2,24,25,26);1H. The first-order valence-electron chi connectivity index (χ1n) is 9.44. The van der Waals surface area contributed by atoms with Crippen LogP contribution in [0.25, 0.3) is 0 Å². The van der Waals surface area contributed by atoms with E-state index < -0.39 is 5.91 Å². The Hall–Kier alpha value is -2.20. The van der Waals surface area contributed by atoms with Gasteiger partial charge in [0.05, 0.1) is 12.8 Å². The Morgan fingerprint density at radius 2 is 2.13 bits per heavy atom. The second-order valence-electron chi connectivity index (χ2n) is 6.88. The van der Waals surface area contributed by atoms with Gasteiger partial charge in [0.25, 0.3) is 0 Å². The van der Waals surface area contributed by atoms with Crippen molar-refractivity contribution >= 4 is 53.1 Å². The number of carbonyl (C=O) groups is 1. The van der Waals surface area contributed by atoms with Gasteiger partial charge in [-0.15, -0.1) is 24.0 Å². The Morgan fingerprint density at radius 1 is 1.33 bits per heavy atom. The Kier molecular flexibility index (Phi) is 9.04. The van der Waals surface area contributed by atoms with Crippen LogP contribution < -0.4 is 26.0 Å². The molecule has 1 heterocycles. The quantitative estimate of drug-likeness (QED) is 0.296. The van der Waals surface area contributed by atoms with Gasteiger partial charge in [0.1, 0.15) is 5.75 Å². The van der Waals surface area contributed by atoms with E-state index >= 15 is 0 Å². The molecule has 0 spiro atoms. The van der Waals surface area contributed by atoms with Crippen molar-refractivity contribution < 1.29 is 9.53 Å². The molecule has 1 unspecified atom stereocenters. The number of anilines is 1. The number of ether oxygens (including phenoxy) is 1. The lowest BCUT2D eigenvalue weighted by atomic mass is 10.1. The number of nitrogens with two attached hydrogens (primary N) is 1. The number of carbonyl (C=O) groups excluding carboxylic acids is 1. The average Bonchev–Trinajstić information content (AvgIpc) is 3.19. The van der Waals surface area contributed by atoms with E-state index in [1.54, 1.807) is 26.3 Å². The van der Waals surface area contributed by atoms with Crippen molar-refractivity contribution in [3.05, 3.63) is 58.6 Å². The third-order valence-corrected chi connectivity index (χ3v) is 5.14. The van der Waals surface area contributed by atoms with Crippen LogP contribution in [0.15, 0.2) is 47.5 Å². The fourth-order valence-corrected chi connectivity index (χ4v) is 3.58. The first kappa shape index (κ1) is 24.1. The summed E-state index contributed by atoms with van der Waals surface area (Å²) < 4.78 is 5.47. The van der Waals surface area contributed by atoms with Crippen molar-refractivity contribution in [1.29, 1.82) is 0 Å². The summed E-state index contributed by atoms with van der Waals surface area (Å²) in [7, 11) is 3.40. The van der Waals surface area contributed by atoms with E-state index in [1.165, 1.54) is 0 Å². The largest absolute Gasteiger partial charge is 0.495 e. The number of rotatable bonds is 6. The molecule has 7 nitrogen and oxygen atoms in total. The van der Waals surface area contributed by atoms with Crippen LogP contribution in [0.4, 0.5) is 5.69 Å². The average molecular weight is 544 g/mol. The summed E-state index contributed by atoms with van der Waals surface area (Å²) in [4.78, 5) is 17.9. The molecule has 1 saturated heterocycles. The second kappa shape index (κ2) is 11.3. The lowest BCUT2D eigenvalue weighted by Gasteiger charge is -2.22. The number of halogens is 2. The number of methoxy groups -OCH3 is 1. The molecule has 0 aromatic heterocycles. The van der Waals surface area contributed by atoms with Crippen LogP contribution in [0.2, 0.25) is 5.02 Å². The van der Waals surface area contributed by atoms with E-state index in [-0.39, 0.29) is 30.0 Å². The number of nitrogens with one attached hydrogen (secondary N) is 2. The maximum absolute atomic E-state index is 11.3. The minimum Gasteiger partial charge on any atom is -0.495 e. The molecule has 30 heavy (non-hydrogen) atoms. The molecule has 1 amide bonds. The zero-order valence-corrected chi connectivity index (χ0v) is 20.1. The van der Waals surface area contributed by atoms with Crippen molar-refractivity contribution in [2.24, 2.45) is 10.7 Å². The van der Waals surface area contributed by atoms with Crippen LogP contribution in [-0.2, 0) is 6.54 Å². The lowest BCUT2D eigenvalue weighted by Crippen LogP contribution is -2.44. The van der Waals surface area contributed by atoms with Gasteiger partial charge in [-0.05, 0) is 42.3 Å². The van der Waals surface area contributed by atoms with Crippen LogP contribution in [0, 0.1) is 0 Å². The third kappa shape index (κ3) is 6.15. The van der Waals surface area contributed by atoms with Crippen LogP contribution >= 0.6 is 35.6 Å². The highest BCUT2D eigenvalue weighted by Crippen LogP contribution is 2.33. The van der Waals surface area contributed by atoms with Gasteiger partial charge in [-0.1, -0.05) is 23.7 Å². The van der Waals surface area contributed by atoms with E-state index in [2.05, 4.69) is 20.5 Å². The highest BCUT2D eigenvalue weighted by atomic mass is 127. The zero-order valence-electron chi connectivity index (χ0n) is 17.0. The second-order valence-corrected chi connectivity index (χ2v) is 7.32. The predicted octanol–water partition coefficient (Wildman–Crippen LogP) is 3.01. The number of aliphatic imine (C=N–C) groups is 1. The molecule has 2 aromatic carbocycles. The normalized spacial score (nSPS) is 16.0. The van der Waals surface area contributed by atoms with Gasteiger partial charge >= 0.3 is 0 Å². The zero-order chi connectivity index (χ0) is 20.8. The number of primary amides is 1. The fourth-order valence-electron chi connectivity index (χ4n) is 3.42. The van der Waals surface area contributed by atoms with Gasteiger partial charge in [-0.25, -0.2) is 0 Å². The number of amides is 1. The van der Waals surface area contributed by atoms with Gasteiger partial charge in [-0.2, -0.15) is 0 Å². The summed E-state index contributed by atoms with van der Waals surface area (Å²) in [6.07, 6.45) is 0.966. The highest BCUT2D eigenvalue weighted by Gasteiger charge is 2.25. The molecule has 4 N–H and O–H groups in total. The molecule has 1 fully saturated rings. The first-order chi connectivity index (χ1) is 14.0. The number of hydrogen-bond donors (Lipinski definition) is 3. The van der Waals surface area contributed by atoms with Crippen LogP contribution in [-0.4, -0.2) is 45.2 Å². The van der Waals surface area contributed by atoms with Crippen molar-refractivity contribution in [3.8, 4) is 5.75 Å². The van der Waals surface area contributed by atoms with Gasteiger partial charge in [0.15, 0.2) is 5.96 Å². The summed E-state index contributed by atoms with van der Waals surface area (Å²) >= 11 is 6.17. The minimum atomic E-state index is -0.433. The maximum Gasteiger partial charge on any atom is 0.248 e.